The summed E-state index contributed by atoms with van der Waals surface area (Å²) in [5, 5.41) is 9.19. The highest BCUT2D eigenvalue weighted by Crippen LogP contribution is 2.46. The van der Waals surface area contributed by atoms with Crippen molar-refractivity contribution in [2.75, 3.05) is 26.2 Å². The first kappa shape index (κ1) is 17.8. The minimum atomic E-state index is -0.952. The molecule has 0 unspecified atom stereocenters. The molecule has 18 heavy (non-hydrogen) atoms. The molecule has 0 aromatic heterocycles. The molecule has 2 rings (SSSR count). The second kappa shape index (κ2) is 8.11. The van der Waals surface area contributed by atoms with Crippen molar-refractivity contribution in [3.05, 3.63) is 0 Å². The van der Waals surface area contributed by atoms with Gasteiger partial charge in [-0.15, -0.1) is 0 Å². The lowest BCUT2D eigenvalue weighted by Crippen LogP contribution is -2.43. The van der Waals surface area contributed by atoms with Crippen LogP contribution in [0.2, 0.25) is 0 Å². The van der Waals surface area contributed by atoms with E-state index in [1.165, 1.54) is 0 Å². The molecule has 0 spiro atoms. The Morgan fingerprint density at radius 3 is 1.78 bits per heavy atom. The minimum absolute atomic E-state index is 0.185. The summed E-state index contributed by atoms with van der Waals surface area (Å²) in [7, 11) is 0. The second-order valence-corrected chi connectivity index (χ2v) is 5.35. The fourth-order valence-electron chi connectivity index (χ4n) is 2.19. The fraction of sp³-hybridized carbons (Fsp3) is 1.00. The number of hydrogen-bond donors (Lipinski definition) is 1. The first-order chi connectivity index (χ1) is 8.55. The standard InChI is InChI=1S/C11H20FNO.2C2H6/c1-10(12)4-6-13(7-5-10)8-11(9-14)2-3-11;2*1-2/h14H,2-9H2,1H3;2*1-2H3. The van der Waals surface area contributed by atoms with Gasteiger partial charge in [-0.1, -0.05) is 27.7 Å². The number of piperidine rings is 1. The predicted octanol–water partition coefficient (Wildman–Crippen LogP) is 3.64. The highest BCUT2D eigenvalue weighted by atomic mass is 19.1. The van der Waals surface area contributed by atoms with Gasteiger partial charge in [0, 0.05) is 31.7 Å². The van der Waals surface area contributed by atoms with Crippen LogP contribution in [-0.4, -0.2) is 41.9 Å². The third-order valence-electron chi connectivity index (χ3n) is 3.75. The molecule has 110 valence electrons. The lowest BCUT2D eigenvalue weighted by molar-refractivity contribution is 0.0543. The van der Waals surface area contributed by atoms with Crippen molar-refractivity contribution in [1.82, 2.24) is 4.90 Å². The molecular formula is C15H32FNO. The van der Waals surface area contributed by atoms with Crippen LogP contribution in [0.15, 0.2) is 0 Å². The maximum absolute atomic E-state index is 13.5. The van der Waals surface area contributed by atoms with Gasteiger partial charge in [-0.3, -0.25) is 0 Å². The van der Waals surface area contributed by atoms with E-state index in [0.717, 1.165) is 32.5 Å². The van der Waals surface area contributed by atoms with Crippen molar-refractivity contribution in [3.63, 3.8) is 0 Å². The quantitative estimate of drug-likeness (QED) is 0.838. The van der Waals surface area contributed by atoms with E-state index in [0.29, 0.717) is 19.4 Å². The van der Waals surface area contributed by atoms with Crippen LogP contribution < -0.4 is 0 Å². The van der Waals surface area contributed by atoms with Gasteiger partial charge in [-0.25, -0.2) is 4.39 Å². The summed E-state index contributed by atoms with van der Waals surface area (Å²) in [6, 6.07) is 0. The number of hydrogen-bond acceptors (Lipinski definition) is 2. The van der Waals surface area contributed by atoms with Crippen LogP contribution >= 0.6 is 0 Å². The van der Waals surface area contributed by atoms with E-state index >= 15 is 0 Å². The summed E-state index contributed by atoms with van der Waals surface area (Å²) >= 11 is 0. The van der Waals surface area contributed by atoms with E-state index in [1.807, 2.05) is 27.7 Å². The Kier molecular flexibility index (Phi) is 8.04. The molecule has 3 heteroatoms. The highest BCUT2D eigenvalue weighted by molar-refractivity contribution is 4.96. The molecule has 0 bridgehead atoms. The monoisotopic (exact) mass is 261 g/mol. The summed E-state index contributed by atoms with van der Waals surface area (Å²) in [6.07, 6.45) is 3.59. The zero-order chi connectivity index (χ0) is 14.2. The maximum Gasteiger partial charge on any atom is 0.110 e. The topological polar surface area (TPSA) is 23.5 Å². The van der Waals surface area contributed by atoms with E-state index in [-0.39, 0.29) is 5.41 Å². The Labute approximate surface area is 113 Å². The third kappa shape index (κ3) is 5.66. The molecule has 0 aromatic carbocycles. The average Bonchev–Trinajstić information content (AvgIpc) is 3.17. The predicted molar refractivity (Wildman–Crippen MR) is 76.6 cm³/mol. The second-order valence-electron chi connectivity index (χ2n) is 5.35. The number of aliphatic hydroxyl groups excluding tert-OH is 1. The van der Waals surface area contributed by atoms with Gasteiger partial charge in [0.05, 0.1) is 0 Å². The van der Waals surface area contributed by atoms with Gasteiger partial charge in [0.15, 0.2) is 0 Å². The Morgan fingerprint density at radius 2 is 1.44 bits per heavy atom. The largest absolute Gasteiger partial charge is 0.396 e. The lowest BCUT2D eigenvalue weighted by atomic mass is 9.94. The molecule has 1 aliphatic heterocycles. The van der Waals surface area contributed by atoms with Crippen LogP contribution in [0.3, 0.4) is 0 Å². The van der Waals surface area contributed by atoms with Crippen LogP contribution in [0.5, 0.6) is 0 Å². The van der Waals surface area contributed by atoms with Crippen LogP contribution in [0.25, 0.3) is 0 Å². The molecule has 0 radical (unpaired) electrons. The van der Waals surface area contributed by atoms with Crippen LogP contribution in [-0.2, 0) is 0 Å². The van der Waals surface area contributed by atoms with Crippen molar-refractivity contribution in [2.45, 2.75) is 66.0 Å². The number of nitrogens with zero attached hydrogens (tertiary/aromatic N) is 1. The van der Waals surface area contributed by atoms with Crippen molar-refractivity contribution in [1.29, 1.82) is 0 Å². The maximum atomic E-state index is 13.5. The smallest absolute Gasteiger partial charge is 0.110 e. The number of rotatable bonds is 3. The van der Waals surface area contributed by atoms with Gasteiger partial charge in [0.25, 0.3) is 0 Å². The molecule has 1 heterocycles. The van der Waals surface area contributed by atoms with Gasteiger partial charge in [-0.2, -0.15) is 0 Å². The van der Waals surface area contributed by atoms with Crippen molar-refractivity contribution in [3.8, 4) is 0 Å². The molecule has 0 aromatic rings. The molecule has 2 fully saturated rings. The number of alkyl halides is 1. The molecule has 1 aliphatic carbocycles. The SMILES string of the molecule is CC.CC.CC1(F)CCN(CC2(CO)CC2)CC1. The molecule has 2 nitrogen and oxygen atoms in total. The molecular weight excluding hydrogens is 229 g/mol. The summed E-state index contributed by atoms with van der Waals surface area (Å²) in [5.41, 5.74) is -0.767. The van der Waals surface area contributed by atoms with Crippen LogP contribution in [0.1, 0.15) is 60.3 Å². The first-order valence-electron chi connectivity index (χ1n) is 7.58. The highest BCUT2D eigenvalue weighted by Gasteiger charge is 2.44. The summed E-state index contributed by atoms with van der Waals surface area (Å²) in [5.74, 6) is 0. The summed E-state index contributed by atoms with van der Waals surface area (Å²) in [4.78, 5) is 2.31. The fourth-order valence-corrected chi connectivity index (χ4v) is 2.19. The molecule has 0 amide bonds. The zero-order valence-electron chi connectivity index (χ0n) is 12.9. The Hall–Kier alpha value is -0.150. The van der Waals surface area contributed by atoms with Crippen molar-refractivity contribution in [2.24, 2.45) is 5.41 Å². The van der Waals surface area contributed by atoms with E-state index in [2.05, 4.69) is 4.90 Å². The van der Waals surface area contributed by atoms with Crippen molar-refractivity contribution < 1.29 is 9.50 Å². The lowest BCUT2D eigenvalue weighted by Gasteiger charge is -2.35. The Balaban J connectivity index is 0.000000659. The van der Waals surface area contributed by atoms with Crippen LogP contribution in [0.4, 0.5) is 4.39 Å². The number of likely N-dealkylation sites (tertiary alicyclic amines) is 1. The van der Waals surface area contributed by atoms with E-state index in [9.17, 15) is 9.50 Å². The Morgan fingerprint density at radius 1 is 1.00 bits per heavy atom. The van der Waals surface area contributed by atoms with Gasteiger partial charge >= 0.3 is 0 Å². The summed E-state index contributed by atoms with van der Waals surface area (Å²) in [6.45, 7) is 12.7. The van der Waals surface area contributed by atoms with E-state index in [1.54, 1.807) is 6.92 Å². The van der Waals surface area contributed by atoms with Gasteiger partial charge in [0.1, 0.15) is 5.67 Å². The molecule has 1 saturated carbocycles. The zero-order valence-corrected chi connectivity index (χ0v) is 12.9. The molecule has 0 atom stereocenters. The molecule has 1 saturated heterocycles. The molecule has 2 aliphatic rings. The van der Waals surface area contributed by atoms with Gasteiger partial charge < -0.3 is 10.0 Å². The third-order valence-corrected chi connectivity index (χ3v) is 3.75. The minimum Gasteiger partial charge on any atom is -0.396 e. The average molecular weight is 261 g/mol. The molecule has 1 N–H and O–H groups in total. The van der Waals surface area contributed by atoms with Crippen molar-refractivity contribution >= 4 is 0 Å². The normalized spacial score (nSPS) is 24.2. The van der Waals surface area contributed by atoms with Gasteiger partial charge in [-0.05, 0) is 32.6 Å². The van der Waals surface area contributed by atoms with E-state index < -0.39 is 5.67 Å². The number of aliphatic hydroxyl groups is 1. The first-order valence-corrected chi connectivity index (χ1v) is 7.58. The van der Waals surface area contributed by atoms with E-state index in [4.69, 9.17) is 0 Å². The van der Waals surface area contributed by atoms with Crippen LogP contribution in [0, 0.1) is 5.41 Å². The van der Waals surface area contributed by atoms with Gasteiger partial charge in [0.2, 0.25) is 0 Å². The number of halogens is 1. The Bertz CT molecular complexity index is 205. The summed E-state index contributed by atoms with van der Waals surface area (Å²) < 4.78 is 13.5.